The number of hydrogen-bond acceptors (Lipinski definition) is 4. The standard InChI is InChI=1S/C21H25BrN2O3/c1-26-18-8-4-6-16(12-18)20(24-10-2-3-11-24)14-23-21(25)15-27-19-9-5-7-17(22)13-19/h4-9,12-13,20H,2-3,10-11,14-15H2,1H3,(H,23,25). The van der Waals surface area contributed by atoms with Gasteiger partial charge in [-0.1, -0.05) is 34.1 Å². The molecule has 0 bridgehead atoms. The Bertz CT molecular complexity index is 763. The molecule has 0 aliphatic carbocycles. The van der Waals surface area contributed by atoms with Crippen molar-refractivity contribution >= 4 is 21.8 Å². The van der Waals surface area contributed by atoms with E-state index in [2.05, 4.69) is 32.2 Å². The summed E-state index contributed by atoms with van der Waals surface area (Å²) in [5, 5.41) is 3.02. The van der Waals surface area contributed by atoms with Gasteiger partial charge in [0.15, 0.2) is 6.61 Å². The third kappa shape index (κ3) is 5.71. The maximum atomic E-state index is 12.3. The molecule has 1 amide bonds. The molecule has 1 N–H and O–H groups in total. The number of ether oxygens (including phenoxy) is 2. The molecule has 1 heterocycles. The fourth-order valence-electron chi connectivity index (χ4n) is 3.33. The molecule has 0 radical (unpaired) electrons. The first-order valence-corrected chi connectivity index (χ1v) is 9.98. The van der Waals surface area contributed by atoms with Crippen LogP contribution < -0.4 is 14.8 Å². The Morgan fingerprint density at radius 1 is 1.15 bits per heavy atom. The number of nitrogens with zero attached hydrogens (tertiary/aromatic N) is 1. The summed E-state index contributed by atoms with van der Waals surface area (Å²) in [7, 11) is 1.67. The topological polar surface area (TPSA) is 50.8 Å². The van der Waals surface area contributed by atoms with Crippen molar-refractivity contribution in [2.45, 2.75) is 18.9 Å². The zero-order valence-electron chi connectivity index (χ0n) is 15.5. The molecule has 27 heavy (non-hydrogen) atoms. The van der Waals surface area contributed by atoms with Gasteiger partial charge in [-0.05, 0) is 61.8 Å². The van der Waals surface area contributed by atoms with E-state index in [9.17, 15) is 4.79 Å². The van der Waals surface area contributed by atoms with E-state index in [1.54, 1.807) is 7.11 Å². The minimum absolute atomic E-state index is 0.00127. The molecule has 1 saturated heterocycles. The van der Waals surface area contributed by atoms with Crippen LogP contribution in [0.15, 0.2) is 53.0 Å². The number of benzene rings is 2. The first-order valence-electron chi connectivity index (χ1n) is 9.19. The van der Waals surface area contributed by atoms with Crippen molar-refractivity contribution in [1.29, 1.82) is 0 Å². The Labute approximate surface area is 168 Å². The van der Waals surface area contributed by atoms with Crippen LogP contribution in [0.4, 0.5) is 0 Å². The van der Waals surface area contributed by atoms with E-state index < -0.39 is 0 Å². The number of methoxy groups -OCH3 is 1. The predicted octanol–water partition coefficient (Wildman–Crippen LogP) is 3.79. The summed E-state index contributed by atoms with van der Waals surface area (Å²) in [4.78, 5) is 14.7. The van der Waals surface area contributed by atoms with Crippen LogP contribution >= 0.6 is 15.9 Å². The van der Waals surface area contributed by atoms with E-state index in [1.165, 1.54) is 12.8 Å². The summed E-state index contributed by atoms with van der Waals surface area (Å²) in [5.41, 5.74) is 1.16. The highest BCUT2D eigenvalue weighted by molar-refractivity contribution is 9.10. The van der Waals surface area contributed by atoms with Crippen molar-refractivity contribution in [1.82, 2.24) is 10.2 Å². The summed E-state index contributed by atoms with van der Waals surface area (Å²) in [6.45, 7) is 2.65. The molecule has 2 aromatic carbocycles. The molecule has 5 nitrogen and oxygen atoms in total. The van der Waals surface area contributed by atoms with Crippen molar-refractivity contribution in [2.75, 3.05) is 33.4 Å². The number of rotatable bonds is 8. The van der Waals surface area contributed by atoms with Crippen LogP contribution in [0.25, 0.3) is 0 Å². The van der Waals surface area contributed by atoms with Crippen molar-refractivity contribution < 1.29 is 14.3 Å². The average Bonchev–Trinajstić information content (AvgIpc) is 3.21. The molecule has 2 aromatic rings. The average molecular weight is 433 g/mol. The lowest BCUT2D eigenvalue weighted by Gasteiger charge is -2.28. The minimum Gasteiger partial charge on any atom is -0.497 e. The van der Waals surface area contributed by atoms with Gasteiger partial charge in [-0.15, -0.1) is 0 Å². The highest BCUT2D eigenvalue weighted by Gasteiger charge is 2.24. The van der Waals surface area contributed by atoms with Gasteiger partial charge in [0, 0.05) is 11.0 Å². The van der Waals surface area contributed by atoms with Crippen LogP contribution in [0.1, 0.15) is 24.4 Å². The van der Waals surface area contributed by atoms with Crippen molar-refractivity contribution in [3.63, 3.8) is 0 Å². The maximum absolute atomic E-state index is 12.3. The summed E-state index contributed by atoms with van der Waals surface area (Å²) in [6, 6.07) is 15.7. The van der Waals surface area contributed by atoms with Crippen LogP contribution in [-0.4, -0.2) is 44.2 Å². The maximum Gasteiger partial charge on any atom is 0.258 e. The van der Waals surface area contributed by atoms with Gasteiger partial charge < -0.3 is 14.8 Å². The van der Waals surface area contributed by atoms with Crippen LogP contribution in [-0.2, 0) is 4.79 Å². The molecule has 0 saturated carbocycles. The molecule has 1 fully saturated rings. The van der Waals surface area contributed by atoms with Crippen molar-refractivity contribution in [3.05, 3.63) is 58.6 Å². The van der Waals surface area contributed by atoms with E-state index in [1.807, 2.05) is 42.5 Å². The van der Waals surface area contributed by atoms with Gasteiger partial charge in [0.1, 0.15) is 11.5 Å². The van der Waals surface area contributed by atoms with E-state index in [0.29, 0.717) is 12.3 Å². The number of nitrogens with one attached hydrogen (secondary N) is 1. The third-order valence-electron chi connectivity index (χ3n) is 4.72. The van der Waals surface area contributed by atoms with Gasteiger partial charge in [0.05, 0.1) is 13.2 Å². The Morgan fingerprint density at radius 2 is 1.89 bits per heavy atom. The second-order valence-electron chi connectivity index (χ2n) is 6.59. The fourth-order valence-corrected chi connectivity index (χ4v) is 3.71. The molecular weight excluding hydrogens is 408 g/mol. The second-order valence-corrected chi connectivity index (χ2v) is 7.50. The van der Waals surface area contributed by atoms with Gasteiger partial charge in [-0.3, -0.25) is 9.69 Å². The van der Waals surface area contributed by atoms with Gasteiger partial charge >= 0.3 is 0 Å². The molecule has 0 spiro atoms. The van der Waals surface area contributed by atoms with E-state index >= 15 is 0 Å². The lowest BCUT2D eigenvalue weighted by atomic mass is 10.0. The molecule has 0 aromatic heterocycles. The number of halogens is 1. The molecule has 1 unspecified atom stereocenters. The molecule has 3 rings (SSSR count). The second kappa shape index (κ2) is 9.76. The zero-order chi connectivity index (χ0) is 19.1. The van der Waals surface area contributed by atoms with Crippen LogP contribution in [0.3, 0.4) is 0 Å². The number of carbonyl (C=O) groups is 1. The largest absolute Gasteiger partial charge is 0.497 e. The molecule has 1 aliphatic rings. The Balaban J connectivity index is 1.59. The van der Waals surface area contributed by atoms with Crippen LogP contribution in [0, 0.1) is 0 Å². The highest BCUT2D eigenvalue weighted by atomic mass is 79.9. The SMILES string of the molecule is COc1cccc(C(CNC(=O)COc2cccc(Br)c2)N2CCCC2)c1. The quantitative estimate of drug-likeness (QED) is 0.689. The van der Waals surface area contributed by atoms with Gasteiger partial charge in [-0.2, -0.15) is 0 Å². The smallest absolute Gasteiger partial charge is 0.258 e. The highest BCUT2D eigenvalue weighted by Crippen LogP contribution is 2.27. The van der Waals surface area contributed by atoms with Crippen molar-refractivity contribution in [3.8, 4) is 11.5 Å². The molecule has 1 aliphatic heterocycles. The fraction of sp³-hybridized carbons (Fsp3) is 0.381. The third-order valence-corrected chi connectivity index (χ3v) is 5.21. The Kier molecular flexibility index (Phi) is 7.12. The minimum atomic E-state index is -0.123. The van der Waals surface area contributed by atoms with Gasteiger partial charge in [-0.25, -0.2) is 0 Å². The number of carbonyl (C=O) groups excluding carboxylic acids is 1. The number of amides is 1. The van der Waals surface area contributed by atoms with Gasteiger partial charge in [0.2, 0.25) is 0 Å². The lowest BCUT2D eigenvalue weighted by Crippen LogP contribution is -2.38. The van der Waals surface area contributed by atoms with Crippen molar-refractivity contribution in [2.24, 2.45) is 0 Å². The molecular formula is C21H25BrN2O3. The van der Waals surface area contributed by atoms with Crippen LogP contribution in [0.2, 0.25) is 0 Å². The summed E-state index contributed by atoms with van der Waals surface area (Å²) in [6.07, 6.45) is 2.39. The molecule has 144 valence electrons. The summed E-state index contributed by atoms with van der Waals surface area (Å²) < 4.78 is 11.9. The normalized spacial score (nSPS) is 15.3. The van der Waals surface area contributed by atoms with E-state index in [4.69, 9.17) is 9.47 Å². The predicted molar refractivity (Wildman–Crippen MR) is 109 cm³/mol. The van der Waals surface area contributed by atoms with E-state index in [-0.39, 0.29) is 18.6 Å². The Morgan fingerprint density at radius 3 is 2.63 bits per heavy atom. The first kappa shape index (κ1) is 19.7. The zero-order valence-corrected chi connectivity index (χ0v) is 17.1. The number of hydrogen-bond donors (Lipinski definition) is 1. The monoisotopic (exact) mass is 432 g/mol. The first-order chi connectivity index (χ1) is 13.2. The Hall–Kier alpha value is -2.05. The summed E-state index contributed by atoms with van der Waals surface area (Å²) in [5.74, 6) is 1.38. The molecule has 1 atom stereocenters. The van der Waals surface area contributed by atoms with E-state index in [0.717, 1.165) is 28.9 Å². The van der Waals surface area contributed by atoms with Crippen LogP contribution in [0.5, 0.6) is 11.5 Å². The lowest BCUT2D eigenvalue weighted by molar-refractivity contribution is -0.123. The summed E-state index contributed by atoms with van der Waals surface area (Å²) >= 11 is 3.40. The van der Waals surface area contributed by atoms with Gasteiger partial charge in [0.25, 0.3) is 5.91 Å². The number of likely N-dealkylation sites (tertiary alicyclic amines) is 1. The molecule has 6 heteroatoms.